The summed E-state index contributed by atoms with van der Waals surface area (Å²) in [6.45, 7) is 0. The third-order valence-electron chi connectivity index (χ3n) is 2.75. The summed E-state index contributed by atoms with van der Waals surface area (Å²) in [5.74, 6) is 2.03. The summed E-state index contributed by atoms with van der Waals surface area (Å²) in [6, 6.07) is 0. The van der Waals surface area contributed by atoms with E-state index in [4.69, 9.17) is 0 Å². The van der Waals surface area contributed by atoms with Crippen LogP contribution in [-0.2, 0) is 9.84 Å². The van der Waals surface area contributed by atoms with Crippen LogP contribution in [-0.4, -0.2) is 19.9 Å². The molecule has 0 bridgehead atoms. The van der Waals surface area contributed by atoms with Crippen molar-refractivity contribution in [3.05, 3.63) is 0 Å². The Morgan fingerprint density at radius 2 is 1.50 bits per heavy atom. The van der Waals surface area contributed by atoms with Crippen LogP contribution in [0.25, 0.3) is 0 Å². The highest BCUT2D eigenvalue weighted by Crippen LogP contribution is 2.38. The summed E-state index contributed by atoms with van der Waals surface area (Å²) in [5.41, 5.74) is 0. The van der Waals surface area contributed by atoms with E-state index in [0.717, 1.165) is 12.8 Å². The van der Waals surface area contributed by atoms with Crippen LogP contribution in [0.3, 0.4) is 0 Å². The third kappa shape index (κ3) is 0.965. The van der Waals surface area contributed by atoms with Crippen molar-refractivity contribution >= 4 is 9.84 Å². The van der Waals surface area contributed by atoms with Crippen LogP contribution in [0.4, 0.5) is 0 Å². The minimum absolute atomic E-state index is 0.484. The van der Waals surface area contributed by atoms with Gasteiger partial charge < -0.3 is 0 Å². The first-order valence-corrected chi connectivity index (χ1v) is 5.70. The lowest BCUT2D eigenvalue weighted by atomic mass is 10.0. The normalized spacial score (nSPS) is 43.6. The van der Waals surface area contributed by atoms with Crippen LogP contribution >= 0.6 is 0 Å². The Morgan fingerprint density at radius 3 is 2.00 bits per heavy atom. The summed E-state index contributed by atoms with van der Waals surface area (Å²) in [7, 11) is -2.61. The zero-order chi connectivity index (χ0) is 7.19. The van der Waals surface area contributed by atoms with E-state index in [2.05, 4.69) is 0 Å². The van der Waals surface area contributed by atoms with Gasteiger partial charge in [-0.15, -0.1) is 0 Å². The quantitative estimate of drug-likeness (QED) is 0.526. The van der Waals surface area contributed by atoms with Gasteiger partial charge >= 0.3 is 0 Å². The van der Waals surface area contributed by atoms with E-state index in [1.807, 2.05) is 0 Å². The van der Waals surface area contributed by atoms with Crippen molar-refractivity contribution in [2.45, 2.75) is 19.3 Å². The molecular weight excluding hydrogens is 148 g/mol. The van der Waals surface area contributed by atoms with Crippen molar-refractivity contribution < 1.29 is 8.42 Å². The first-order chi connectivity index (χ1) is 4.67. The second kappa shape index (κ2) is 1.97. The van der Waals surface area contributed by atoms with Crippen LogP contribution in [0.15, 0.2) is 0 Å². The van der Waals surface area contributed by atoms with Gasteiger partial charge in [0.15, 0.2) is 9.84 Å². The van der Waals surface area contributed by atoms with Gasteiger partial charge in [0, 0.05) is 0 Å². The van der Waals surface area contributed by atoms with Crippen molar-refractivity contribution in [2.75, 3.05) is 11.5 Å². The van der Waals surface area contributed by atoms with Crippen LogP contribution in [0.5, 0.6) is 0 Å². The molecule has 3 heteroatoms. The van der Waals surface area contributed by atoms with E-state index in [1.54, 1.807) is 0 Å². The van der Waals surface area contributed by atoms with E-state index in [0.29, 0.717) is 23.3 Å². The van der Waals surface area contributed by atoms with Gasteiger partial charge in [-0.3, -0.25) is 0 Å². The molecule has 0 amide bonds. The van der Waals surface area contributed by atoms with Gasteiger partial charge in [-0.1, -0.05) is 6.42 Å². The number of fused-ring (bicyclic) bond motifs is 1. The predicted molar refractivity (Wildman–Crippen MR) is 39.5 cm³/mol. The SMILES string of the molecule is O=S1(=O)CC2CCCC2C1. The summed E-state index contributed by atoms with van der Waals surface area (Å²) in [5, 5.41) is 0. The smallest absolute Gasteiger partial charge is 0.150 e. The molecule has 1 heterocycles. The second-order valence-corrected chi connectivity index (χ2v) is 5.68. The first-order valence-electron chi connectivity index (χ1n) is 3.88. The van der Waals surface area contributed by atoms with E-state index in [-0.39, 0.29) is 0 Å². The molecule has 2 nitrogen and oxygen atoms in total. The van der Waals surface area contributed by atoms with Gasteiger partial charge in [-0.05, 0) is 24.7 Å². The number of hydrogen-bond donors (Lipinski definition) is 0. The Kier molecular flexibility index (Phi) is 1.31. The zero-order valence-electron chi connectivity index (χ0n) is 5.91. The molecule has 0 N–H and O–H groups in total. The molecule has 10 heavy (non-hydrogen) atoms. The van der Waals surface area contributed by atoms with Gasteiger partial charge in [0.25, 0.3) is 0 Å². The summed E-state index contributed by atoms with van der Waals surface area (Å²) in [4.78, 5) is 0. The average Bonchev–Trinajstić information content (AvgIpc) is 2.20. The number of sulfone groups is 1. The maximum Gasteiger partial charge on any atom is 0.150 e. The molecule has 1 aliphatic carbocycles. The number of hydrogen-bond acceptors (Lipinski definition) is 2. The van der Waals surface area contributed by atoms with E-state index in [1.165, 1.54) is 6.42 Å². The van der Waals surface area contributed by atoms with Crippen molar-refractivity contribution in [1.82, 2.24) is 0 Å². The highest BCUT2D eigenvalue weighted by Gasteiger charge is 2.39. The molecule has 2 atom stereocenters. The lowest BCUT2D eigenvalue weighted by Crippen LogP contribution is -2.03. The Balaban J connectivity index is 2.21. The number of rotatable bonds is 0. The van der Waals surface area contributed by atoms with Crippen LogP contribution in [0.2, 0.25) is 0 Å². The molecule has 2 fully saturated rings. The minimum Gasteiger partial charge on any atom is -0.229 e. The molecule has 0 aromatic heterocycles. The summed E-state index contributed by atoms with van der Waals surface area (Å²) >= 11 is 0. The molecule has 1 aliphatic heterocycles. The minimum atomic E-state index is -2.61. The lowest BCUT2D eigenvalue weighted by Gasteiger charge is -2.01. The highest BCUT2D eigenvalue weighted by atomic mass is 32.2. The fourth-order valence-corrected chi connectivity index (χ4v) is 4.59. The fraction of sp³-hybridized carbons (Fsp3) is 1.00. The van der Waals surface area contributed by atoms with Crippen molar-refractivity contribution in [3.63, 3.8) is 0 Å². The molecule has 58 valence electrons. The van der Waals surface area contributed by atoms with Gasteiger partial charge in [0.2, 0.25) is 0 Å². The Bertz CT molecular complexity index is 212. The monoisotopic (exact) mass is 160 g/mol. The molecule has 0 spiro atoms. The average molecular weight is 160 g/mol. The fourth-order valence-electron chi connectivity index (χ4n) is 2.27. The van der Waals surface area contributed by atoms with E-state index in [9.17, 15) is 8.42 Å². The molecule has 1 saturated carbocycles. The molecule has 0 aromatic rings. The molecule has 0 aromatic carbocycles. The highest BCUT2D eigenvalue weighted by molar-refractivity contribution is 7.91. The maximum atomic E-state index is 11.0. The summed E-state index contributed by atoms with van der Waals surface area (Å²) in [6.07, 6.45) is 3.57. The van der Waals surface area contributed by atoms with Crippen molar-refractivity contribution in [3.8, 4) is 0 Å². The zero-order valence-corrected chi connectivity index (χ0v) is 6.73. The molecule has 2 unspecified atom stereocenters. The second-order valence-electron chi connectivity index (χ2n) is 3.53. The Morgan fingerprint density at radius 1 is 1.00 bits per heavy atom. The maximum absolute atomic E-state index is 11.0. The summed E-state index contributed by atoms with van der Waals surface area (Å²) < 4.78 is 22.1. The van der Waals surface area contributed by atoms with Crippen molar-refractivity contribution in [1.29, 1.82) is 0 Å². The van der Waals surface area contributed by atoms with Crippen LogP contribution in [0.1, 0.15) is 19.3 Å². The van der Waals surface area contributed by atoms with Crippen LogP contribution in [0, 0.1) is 11.8 Å². The van der Waals surface area contributed by atoms with Gasteiger partial charge in [0.05, 0.1) is 11.5 Å². The largest absolute Gasteiger partial charge is 0.229 e. The first kappa shape index (κ1) is 6.65. The van der Waals surface area contributed by atoms with E-state index >= 15 is 0 Å². The van der Waals surface area contributed by atoms with Gasteiger partial charge in [0.1, 0.15) is 0 Å². The van der Waals surface area contributed by atoms with Crippen LogP contribution < -0.4 is 0 Å². The predicted octanol–water partition coefficient (Wildman–Crippen LogP) is 0.831. The molecule has 2 rings (SSSR count). The van der Waals surface area contributed by atoms with Crippen molar-refractivity contribution in [2.24, 2.45) is 11.8 Å². The Hall–Kier alpha value is -0.0500. The topological polar surface area (TPSA) is 34.1 Å². The van der Waals surface area contributed by atoms with Gasteiger partial charge in [-0.2, -0.15) is 0 Å². The Labute approximate surface area is 61.5 Å². The van der Waals surface area contributed by atoms with E-state index < -0.39 is 9.84 Å². The molecular formula is C7H12O2S. The molecule has 1 saturated heterocycles. The third-order valence-corrected chi connectivity index (χ3v) is 4.62. The molecule has 0 radical (unpaired) electrons. The standard InChI is InChI=1S/C7H12O2S/c8-10(9)4-6-2-1-3-7(6)5-10/h6-7H,1-5H2. The lowest BCUT2D eigenvalue weighted by molar-refractivity contribution is 0.494. The molecule has 2 aliphatic rings. The van der Waals surface area contributed by atoms with Gasteiger partial charge in [-0.25, -0.2) is 8.42 Å².